The Kier molecular flexibility index (Phi) is 6.42. The van der Waals surface area contributed by atoms with Gasteiger partial charge in [0.1, 0.15) is 5.75 Å². The number of ether oxygens (including phenoxy) is 3. The van der Waals surface area contributed by atoms with Gasteiger partial charge in [0.25, 0.3) is 0 Å². The number of benzene rings is 3. The van der Waals surface area contributed by atoms with Gasteiger partial charge in [0.2, 0.25) is 0 Å². The molecule has 5 nitrogen and oxygen atoms in total. The third-order valence-electron chi connectivity index (χ3n) is 8.80. The maximum Gasteiger partial charge on any atom is 0.337 e. The van der Waals surface area contributed by atoms with Crippen molar-refractivity contribution in [3.05, 3.63) is 64.7 Å². The van der Waals surface area contributed by atoms with E-state index in [0.29, 0.717) is 6.61 Å². The summed E-state index contributed by atoms with van der Waals surface area (Å²) in [5, 5.41) is 11.8. The fourth-order valence-electron chi connectivity index (χ4n) is 7.67. The monoisotopic (exact) mass is 520 g/mol. The van der Waals surface area contributed by atoms with E-state index in [1.807, 2.05) is 19.1 Å². The van der Waals surface area contributed by atoms with Crippen LogP contribution in [0.3, 0.4) is 0 Å². The van der Waals surface area contributed by atoms with Crippen molar-refractivity contribution in [2.45, 2.75) is 57.3 Å². The highest BCUT2D eigenvalue weighted by Gasteiger charge is 2.52. The molecule has 4 fully saturated rings. The summed E-state index contributed by atoms with van der Waals surface area (Å²) >= 11 is 6.28. The molecule has 0 aromatic heterocycles. The number of carbonyl (C=O) groups is 1. The average molecular weight is 521 g/mol. The number of halogens is 1. The van der Waals surface area contributed by atoms with Crippen LogP contribution in [0.25, 0.3) is 21.9 Å². The molecule has 0 amide bonds. The molecule has 1 unspecified atom stereocenters. The first kappa shape index (κ1) is 24.7. The Labute approximate surface area is 222 Å². The van der Waals surface area contributed by atoms with Gasteiger partial charge in [-0.25, -0.2) is 4.79 Å². The van der Waals surface area contributed by atoms with Crippen LogP contribution in [0.15, 0.2) is 48.5 Å². The molecule has 0 radical (unpaired) electrons. The van der Waals surface area contributed by atoms with Gasteiger partial charge in [0.15, 0.2) is 0 Å². The fraction of sp³-hybridized carbons (Fsp3) is 0.452. The molecule has 6 heteroatoms. The van der Waals surface area contributed by atoms with Crippen molar-refractivity contribution in [3.8, 4) is 16.9 Å². The molecule has 4 aliphatic carbocycles. The molecule has 4 aliphatic rings. The smallest absolute Gasteiger partial charge is 0.337 e. The molecule has 0 saturated heterocycles. The summed E-state index contributed by atoms with van der Waals surface area (Å²) in [6.45, 7) is 1.70. The van der Waals surface area contributed by atoms with Crippen molar-refractivity contribution in [2.24, 2.45) is 17.8 Å². The van der Waals surface area contributed by atoms with E-state index in [1.54, 1.807) is 19.2 Å². The van der Waals surface area contributed by atoms with Crippen LogP contribution in [0.2, 0.25) is 5.02 Å². The normalized spacial score (nSPS) is 26.9. The molecule has 7 rings (SSSR count). The second-order valence-electron chi connectivity index (χ2n) is 11.2. The molecule has 4 saturated carbocycles. The van der Waals surface area contributed by atoms with Crippen LogP contribution >= 0.6 is 11.6 Å². The minimum atomic E-state index is -1.02. The first-order chi connectivity index (χ1) is 17.9. The van der Waals surface area contributed by atoms with Crippen molar-refractivity contribution in [3.63, 3.8) is 0 Å². The predicted molar refractivity (Wildman–Crippen MR) is 144 cm³/mol. The van der Waals surface area contributed by atoms with Gasteiger partial charge in [-0.3, -0.25) is 0 Å². The summed E-state index contributed by atoms with van der Waals surface area (Å²) in [7, 11) is 1.61. The highest BCUT2D eigenvalue weighted by atomic mass is 35.5. The third-order valence-corrected chi connectivity index (χ3v) is 9.11. The van der Waals surface area contributed by atoms with E-state index in [4.69, 9.17) is 25.8 Å². The van der Waals surface area contributed by atoms with Crippen molar-refractivity contribution >= 4 is 28.3 Å². The van der Waals surface area contributed by atoms with Crippen molar-refractivity contribution < 1.29 is 24.1 Å². The van der Waals surface area contributed by atoms with Crippen LogP contribution in [0.1, 0.15) is 61.4 Å². The lowest BCUT2D eigenvalue weighted by Gasteiger charge is -2.57. The maximum absolute atomic E-state index is 11.4. The quantitative estimate of drug-likeness (QED) is 0.309. The second kappa shape index (κ2) is 9.61. The maximum atomic E-state index is 11.4. The molecule has 1 N–H and O–H groups in total. The SMILES string of the molecule is CCOC(OC)Oc1cc2ccc(-c3ccc(C(=O)O)c(Cl)c3)cc2cc1C12CC3CC(CC(C3)C1)C2. The fourth-order valence-corrected chi connectivity index (χ4v) is 7.93. The minimum absolute atomic E-state index is 0.110. The molecule has 0 heterocycles. The van der Waals surface area contributed by atoms with Crippen molar-refractivity contribution in [2.75, 3.05) is 13.7 Å². The van der Waals surface area contributed by atoms with E-state index in [-0.39, 0.29) is 16.0 Å². The summed E-state index contributed by atoms with van der Waals surface area (Å²) in [6.07, 6.45) is 7.79. The molecule has 0 aliphatic heterocycles. The molecule has 1 atom stereocenters. The molecular formula is C31H33ClO5. The van der Waals surface area contributed by atoms with E-state index in [2.05, 4.69) is 24.3 Å². The Morgan fingerprint density at radius 1 is 0.973 bits per heavy atom. The number of carboxylic acid groups (broad SMARTS) is 1. The number of methoxy groups -OCH3 is 1. The minimum Gasteiger partial charge on any atom is -0.478 e. The van der Waals surface area contributed by atoms with Gasteiger partial charge in [0, 0.05) is 12.7 Å². The van der Waals surface area contributed by atoms with E-state index in [9.17, 15) is 9.90 Å². The van der Waals surface area contributed by atoms with Gasteiger partial charge < -0.3 is 19.3 Å². The first-order valence-electron chi connectivity index (χ1n) is 13.3. The van der Waals surface area contributed by atoms with Crippen LogP contribution in [0, 0.1) is 17.8 Å². The number of fused-ring (bicyclic) bond motifs is 1. The molecule has 3 aromatic rings. The van der Waals surface area contributed by atoms with Crippen LogP contribution in [-0.2, 0) is 14.9 Å². The van der Waals surface area contributed by atoms with Gasteiger partial charge >= 0.3 is 12.4 Å². The number of hydrogen-bond acceptors (Lipinski definition) is 4. The third kappa shape index (κ3) is 4.52. The van der Waals surface area contributed by atoms with Crippen LogP contribution in [0.4, 0.5) is 0 Å². The Bertz CT molecular complexity index is 1310. The van der Waals surface area contributed by atoms with Crippen LogP contribution in [-0.4, -0.2) is 31.3 Å². The Hall–Kier alpha value is -2.60. The van der Waals surface area contributed by atoms with E-state index < -0.39 is 12.4 Å². The molecule has 3 aromatic carbocycles. The van der Waals surface area contributed by atoms with Gasteiger partial charge in [-0.05, 0) is 121 Å². The van der Waals surface area contributed by atoms with Gasteiger partial charge in [-0.15, -0.1) is 0 Å². The van der Waals surface area contributed by atoms with Crippen LogP contribution < -0.4 is 4.74 Å². The Morgan fingerprint density at radius 3 is 2.22 bits per heavy atom. The van der Waals surface area contributed by atoms with Crippen molar-refractivity contribution in [1.82, 2.24) is 0 Å². The lowest BCUT2D eigenvalue weighted by molar-refractivity contribution is -0.231. The van der Waals surface area contributed by atoms with E-state index in [1.165, 1.54) is 44.1 Å². The Balaban J connectivity index is 1.45. The van der Waals surface area contributed by atoms with Crippen LogP contribution in [0.5, 0.6) is 5.75 Å². The topological polar surface area (TPSA) is 65.0 Å². The zero-order valence-electron chi connectivity index (χ0n) is 21.3. The van der Waals surface area contributed by atoms with Crippen molar-refractivity contribution in [1.29, 1.82) is 0 Å². The zero-order chi connectivity index (χ0) is 25.7. The molecular weight excluding hydrogens is 488 g/mol. The second-order valence-corrected chi connectivity index (χ2v) is 11.6. The lowest BCUT2D eigenvalue weighted by atomic mass is 9.48. The number of carboxylic acids is 1. The van der Waals surface area contributed by atoms with Gasteiger partial charge in [0.05, 0.1) is 17.2 Å². The molecule has 4 bridgehead atoms. The molecule has 194 valence electrons. The Morgan fingerprint density at radius 2 is 1.62 bits per heavy atom. The summed E-state index contributed by atoms with van der Waals surface area (Å²) < 4.78 is 17.6. The molecule has 0 spiro atoms. The highest BCUT2D eigenvalue weighted by Crippen LogP contribution is 2.62. The number of aromatic carboxylic acids is 1. The largest absolute Gasteiger partial charge is 0.478 e. The lowest BCUT2D eigenvalue weighted by Crippen LogP contribution is -2.48. The average Bonchev–Trinajstić information content (AvgIpc) is 2.86. The van der Waals surface area contributed by atoms with Gasteiger partial charge in [-0.1, -0.05) is 29.8 Å². The highest BCUT2D eigenvalue weighted by molar-refractivity contribution is 6.33. The first-order valence-corrected chi connectivity index (χ1v) is 13.7. The standard InChI is InChI=1S/C31H33ClO5/c1-3-36-30(35-2)37-28-14-23-5-4-21(22-6-7-25(29(33)34)27(32)13-22)11-24(23)12-26(28)31-15-18-8-19(16-31)10-20(9-18)17-31/h4-7,11-14,18-20,30H,3,8-10,15-17H2,1-2H3,(H,33,34). The summed E-state index contributed by atoms with van der Waals surface area (Å²) in [6, 6.07) is 15.9. The summed E-state index contributed by atoms with van der Waals surface area (Å²) in [5.74, 6) is 2.25. The predicted octanol–water partition coefficient (Wildman–Crippen LogP) is 7.67. The molecule has 37 heavy (non-hydrogen) atoms. The van der Waals surface area contributed by atoms with E-state index >= 15 is 0 Å². The number of hydrogen-bond donors (Lipinski definition) is 1. The summed E-state index contributed by atoms with van der Waals surface area (Å²) in [5.41, 5.74) is 3.41. The van der Waals surface area contributed by atoms with Gasteiger partial charge in [-0.2, -0.15) is 0 Å². The number of rotatable bonds is 8. The zero-order valence-corrected chi connectivity index (χ0v) is 22.1. The summed E-state index contributed by atoms with van der Waals surface area (Å²) in [4.78, 5) is 11.4. The van der Waals surface area contributed by atoms with E-state index in [0.717, 1.165) is 45.4 Å².